The normalized spacial score (nSPS) is 15.6. The molecular weight excluding hydrogens is 354 g/mol. The summed E-state index contributed by atoms with van der Waals surface area (Å²) in [5, 5.41) is 14.7. The molecule has 0 aliphatic heterocycles. The van der Waals surface area contributed by atoms with Crippen LogP contribution >= 0.6 is 0 Å². The lowest BCUT2D eigenvalue weighted by atomic mass is 9.88. The van der Waals surface area contributed by atoms with Crippen molar-refractivity contribution in [3.8, 4) is 5.75 Å². The second-order valence-corrected chi connectivity index (χ2v) is 6.97. The summed E-state index contributed by atoms with van der Waals surface area (Å²) in [5.74, 6) is -1.21. The molecule has 0 fully saturated rings. The summed E-state index contributed by atoms with van der Waals surface area (Å²) in [6, 6.07) is 18.5. The number of hydrogen-bond donors (Lipinski definition) is 2. The summed E-state index contributed by atoms with van der Waals surface area (Å²) in [6.45, 7) is -0.385. The van der Waals surface area contributed by atoms with Gasteiger partial charge in [-0.3, -0.25) is 4.79 Å². The maximum Gasteiger partial charge on any atom is 0.342 e. The zero-order valence-electron chi connectivity index (χ0n) is 15.4. The Labute approximate surface area is 162 Å². The Bertz CT molecular complexity index is 1040. The van der Waals surface area contributed by atoms with E-state index < -0.39 is 5.97 Å². The Morgan fingerprint density at radius 3 is 2.71 bits per heavy atom. The molecule has 0 heterocycles. The van der Waals surface area contributed by atoms with E-state index in [4.69, 9.17) is 4.74 Å². The zero-order chi connectivity index (χ0) is 19.5. The van der Waals surface area contributed by atoms with E-state index in [0.29, 0.717) is 5.39 Å². The van der Waals surface area contributed by atoms with Crippen LogP contribution in [0.5, 0.6) is 5.75 Å². The molecule has 5 nitrogen and oxygen atoms in total. The quantitative estimate of drug-likeness (QED) is 0.678. The molecule has 0 bridgehead atoms. The fourth-order valence-electron chi connectivity index (χ4n) is 3.77. The van der Waals surface area contributed by atoms with Crippen molar-refractivity contribution >= 4 is 22.6 Å². The number of fused-ring (bicyclic) bond motifs is 2. The highest BCUT2D eigenvalue weighted by Crippen LogP contribution is 2.30. The Morgan fingerprint density at radius 1 is 1.04 bits per heavy atom. The molecule has 4 rings (SSSR count). The third kappa shape index (κ3) is 3.56. The van der Waals surface area contributed by atoms with Crippen LogP contribution < -0.4 is 5.32 Å². The van der Waals surface area contributed by atoms with Gasteiger partial charge in [0.05, 0.1) is 6.04 Å². The molecular formula is C23H21NO4. The summed E-state index contributed by atoms with van der Waals surface area (Å²) in [6.07, 6.45) is 2.88. The number of ether oxygens (including phenoxy) is 1. The number of carbonyl (C=O) groups excluding carboxylic acids is 2. The standard InChI is InChI=1S/C23H21NO4/c25-21(24-20-11-5-8-15-6-1-3-9-17(15)20)14-28-23(27)19-13-12-16-7-2-4-10-18(16)22(19)26/h1-4,6-7,9-10,12-13,20,26H,5,8,11,14H2,(H,24,25)/t20-/m1/s1. The van der Waals surface area contributed by atoms with Gasteiger partial charge in [-0.2, -0.15) is 0 Å². The number of carbonyl (C=O) groups is 2. The number of rotatable bonds is 4. The molecule has 0 saturated heterocycles. The van der Waals surface area contributed by atoms with Crippen LogP contribution in [0.25, 0.3) is 10.8 Å². The van der Waals surface area contributed by atoms with Crippen LogP contribution in [-0.4, -0.2) is 23.6 Å². The van der Waals surface area contributed by atoms with Crippen LogP contribution in [0.3, 0.4) is 0 Å². The lowest BCUT2D eigenvalue weighted by Gasteiger charge is -2.26. The average Bonchev–Trinajstić information content (AvgIpc) is 2.73. The van der Waals surface area contributed by atoms with Crippen molar-refractivity contribution in [3.05, 3.63) is 77.4 Å². The first-order valence-corrected chi connectivity index (χ1v) is 9.38. The molecule has 1 atom stereocenters. The molecule has 0 unspecified atom stereocenters. The van der Waals surface area contributed by atoms with Crippen molar-refractivity contribution in [2.75, 3.05) is 6.61 Å². The van der Waals surface area contributed by atoms with Crippen LogP contribution in [0, 0.1) is 0 Å². The number of aryl methyl sites for hydroxylation is 1. The van der Waals surface area contributed by atoms with E-state index in [1.54, 1.807) is 18.2 Å². The van der Waals surface area contributed by atoms with Gasteiger partial charge in [-0.1, -0.05) is 54.6 Å². The predicted molar refractivity (Wildman–Crippen MR) is 106 cm³/mol. The van der Waals surface area contributed by atoms with Gasteiger partial charge in [0.25, 0.3) is 5.91 Å². The van der Waals surface area contributed by atoms with Crippen molar-refractivity contribution in [3.63, 3.8) is 0 Å². The number of phenolic OH excluding ortho intramolecular Hbond substituents is 1. The van der Waals surface area contributed by atoms with Crippen LogP contribution in [-0.2, 0) is 16.0 Å². The van der Waals surface area contributed by atoms with E-state index >= 15 is 0 Å². The van der Waals surface area contributed by atoms with E-state index in [2.05, 4.69) is 11.4 Å². The first-order chi connectivity index (χ1) is 13.6. The smallest absolute Gasteiger partial charge is 0.342 e. The summed E-state index contributed by atoms with van der Waals surface area (Å²) < 4.78 is 5.14. The van der Waals surface area contributed by atoms with Crippen LogP contribution in [0.2, 0.25) is 0 Å². The highest BCUT2D eigenvalue weighted by Gasteiger charge is 2.22. The van der Waals surface area contributed by atoms with Crippen molar-refractivity contribution in [2.24, 2.45) is 0 Å². The number of amides is 1. The average molecular weight is 375 g/mol. The Balaban J connectivity index is 1.40. The molecule has 2 N–H and O–H groups in total. The van der Waals surface area contributed by atoms with Crippen molar-refractivity contribution < 1.29 is 19.4 Å². The Kier molecular flexibility index (Phi) is 4.98. The van der Waals surface area contributed by atoms with E-state index in [9.17, 15) is 14.7 Å². The number of benzene rings is 3. The molecule has 0 spiro atoms. The van der Waals surface area contributed by atoms with Crippen LogP contribution in [0.4, 0.5) is 0 Å². The van der Waals surface area contributed by atoms with E-state index in [-0.39, 0.29) is 29.9 Å². The molecule has 3 aromatic rings. The fraction of sp³-hybridized carbons (Fsp3) is 0.217. The topological polar surface area (TPSA) is 75.6 Å². The van der Waals surface area contributed by atoms with Crippen molar-refractivity contribution in [2.45, 2.75) is 25.3 Å². The lowest BCUT2D eigenvalue weighted by Crippen LogP contribution is -2.34. The fourth-order valence-corrected chi connectivity index (χ4v) is 3.77. The molecule has 0 saturated carbocycles. The summed E-state index contributed by atoms with van der Waals surface area (Å²) >= 11 is 0. The molecule has 0 aromatic heterocycles. The summed E-state index contributed by atoms with van der Waals surface area (Å²) in [5.41, 5.74) is 2.42. The maximum absolute atomic E-state index is 12.3. The first-order valence-electron chi connectivity index (χ1n) is 9.38. The first kappa shape index (κ1) is 18.0. The number of esters is 1. The summed E-state index contributed by atoms with van der Waals surface area (Å²) in [4.78, 5) is 24.6. The molecule has 1 amide bonds. The number of aromatic hydroxyl groups is 1. The van der Waals surface area contributed by atoms with Gasteiger partial charge in [-0.05, 0) is 41.8 Å². The van der Waals surface area contributed by atoms with Gasteiger partial charge >= 0.3 is 5.97 Å². The SMILES string of the molecule is O=C(COC(=O)c1ccc2ccccc2c1O)N[C@@H]1CCCc2ccccc21. The van der Waals surface area contributed by atoms with Gasteiger partial charge in [0.2, 0.25) is 0 Å². The number of hydrogen-bond acceptors (Lipinski definition) is 4. The van der Waals surface area contributed by atoms with Gasteiger partial charge in [-0.15, -0.1) is 0 Å². The number of nitrogens with one attached hydrogen (secondary N) is 1. The molecule has 3 aromatic carbocycles. The lowest BCUT2D eigenvalue weighted by molar-refractivity contribution is -0.125. The third-order valence-corrected chi connectivity index (χ3v) is 5.16. The van der Waals surface area contributed by atoms with Crippen molar-refractivity contribution in [1.82, 2.24) is 5.32 Å². The van der Waals surface area contributed by atoms with E-state index in [1.807, 2.05) is 30.3 Å². The second kappa shape index (κ2) is 7.72. The second-order valence-electron chi connectivity index (χ2n) is 6.97. The molecule has 0 radical (unpaired) electrons. The highest BCUT2D eigenvalue weighted by molar-refractivity contribution is 6.01. The van der Waals surface area contributed by atoms with Crippen LogP contribution in [0.15, 0.2) is 60.7 Å². The molecule has 28 heavy (non-hydrogen) atoms. The Morgan fingerprint density at radius 2 is 1.82 bits per heavy atom. The maximum atomic E-state index is 12.3. The third-order valence-electron chi connectivity index (χ3n) is 5.16. The largest absolute Gasteiger partial charge is 0.506 e. The van der Waals surface area contributed by atoms with Gasteiger partial charge in [0.1, 0.15) is 11.3 Å². The minimum atomic E-state index is -0.720. The minimum absolute atomic E-state index is 0.0505. The highest BCUT2D eigenvalue weighted by atomic mass is 16.5. The van der Waals surface area contributed by atoms with Gasteiger partial charge in [0.15, 0.2) is 6.61 Å². The summed E-state index contributed by atoms with van der Waals surface area (Å²) in [7, 11) is 0. The van der Waals surface area contributed by atoms with E-state index in [1.165, 1.54) is 11.6 Å². The molecule has 142 valence electrons. The van der Waals surface area contributed by atoms with Crippen molar-refractivity contribution in [1.29, 1.82) is 0 Å². The minimum Gasteiger partial charge on any atom is -0.506 e. The molecule has 5 heteroatoms. The van der Waals surface area contributed by atoms with Gasteiger partial charge in [0, 0.05) is 5.39 Å². The predicted octanol–water partition coefficient (Wildman–Crippen LogP) is 3.90. The zero-order valence-corrected chi connectivity index (χ0v) is 15.4. The van der Waals surface area contributed by atoms with Gasteiger partial charge in [-0.25, -0.2) is 4.79 Å². The molecule has 1 aliphatic rings. The Hall–Kier alpha value is -3.34. The van der Waals surface area contributed by atoms with Gasteiger partial charge < -0.3 is 15.2 Å². The van der Waals surface area contributed by atoms with Crippen LogP contribution in [0.1, 0.15) is 40.4 Å². The number of phenols is 1. The molecule has 1 aliphatic carbocycles. The van der Waals surface area contributed by atoms with E-state index in [0.717, 1.165) is 30.2 Å². The monoisotopic (exact) mass is 375 g/mol.